The first-order valence-electron chi connectivity index (χ1n) is 4.93. The highest BCUT2D eigenvalue weighted by atomic mass is 32.1. The van der Waals surface area contributed by atoms with Crippen LogP contribution < -0.4 is 5.32 Å². The minimum absolute atomic E-state index is 0.581. The van der Waals surface area contributed by atoms with Crippen LogP contribution in [0.1, 0.15) is 15.3 Å². The Morgan fingerprint density at radius 2 is 2.25 bits per heavy atom. The van der Waals surface area contributed by atoms with Crippen molar-refractivity contribution in [2.24, 2.45) is 0 Å². The molecule has 3 nitrogen and oxygen atoms in total. The second-order valence-electron chi connectivity index (χ2n) is 3.41. The minimum Gasteiger partial charge on any atom is -0.365 e. The predicted octanol–water partition coefficient (Wildman–Crippen LogP) is 2.94. The Labute approximate surface area is 98.4 Å². The summed E-state index contributed by atoms with van der Waals surface area (Å²) in [5.41, 5.74) is 0.581. The Bertz CT molecular complexity index is 508. The Morgan fingerprint density at radius 3 is 2.81 bits per heavy atom. The number of rotatable bonds is 3. The molecule has 1 N–H and O–H groups in total. The average Bonchev–Trinajstić information content (AvgIpc) is 2.73. The van der Waals surface area contributed by atoms with Gasteiger partial charge in [-0.05, 0) is 31.2 Å². The fourth-order valence-corrected chi connectivity index (χ4v) is 2.15. The molecule has 0 fully saturated rings. The zero-order valence-corrected chi connectivity index (χ0v) is 9.71. The maximum absolute atomic E-state index is 8.63. The number of nitrogens with zero attached hydrogens (tertiary/aromatic N) is 2. The van der Waals surface area contributed by atoms with Gasteiger partial charge in [0.25, 0.3) is 0 Å². The third-order valence-electron chi connectivity index (χ3n) is 2.13. The number of nitriles is 1. The third-order valence-corrected chi connectivity index (χ3v) is 3.13. The fourth-order valence-electron chi connectivity index (χ4n) is 1.32. The van der Waals surface area contributed by atoms with Crippen LogP contribution >= 0.6 is 11.3 Å². The smallest absolute Gasteiger partial charge is 0.126 e. The molecule has 0 spiro atoms. The van der Waals surface area contributed by atoms with E-state index in [4.69, 9.17) is 5.26 Å². The van der Waals surface area contributed by atoms with Crippen molar-refractivity contribution >= 4 is 17.2 Å². The normalized spacial score (nSPS) is 9.75. The van der Waals surface area contributed by atoms with E-state index < -0.39 is 0 Å². The Hall–Kier alpha value is -1.86. The highest BCUT2D eigenvalue weighted by Crippen LogP contribution is 2.16. The van der Waals surface area contributed by atoms with Gasteiger partial charge in [-0.2, -0.15) is 5.26 Å². The maximum atomic E-state index is 8.63. The van der Waals surface area contributed by atoms with E-state index in [1.807, 2.05) is 12.1 Å². The molecule has 0 aliphatic carbocycles. The van der Waals surface area contributed by atoms with Crippen molar-refractivity contribution in [1.82, 2.24) is 4.98 Å². The molecule has 2 aromatic rings. The van der Waals surface area contributed by atoms with Crippen LogP contribution in [0.2, 0.25) is 0 Å². The van der Waals surface area contributed by atoms with Gasteiger partial charge in [-0.25, -0.2) is 4.98 Å². The molecular weight excluding hydrogens is 218 g/mol. The lowest BCUT2D eigenvalue weighted by Crippen LogP contribution is -1.99. The quantitative estimate of drug-likeness (QED) is 0.880. The molecule has 0 amide bonds. The number of hydrogen-bond acceptors (Lipinski definition) is 4. The van der Waals surface area contributed by atoms with Gasteiger partial charge in [0.2, 0.25) is 0 Å². The number of hydrogen-bond donors (Lipinski definition) is 1. The van der Waals surface area contributed by atoms with Gasteiger partial charge in [-0.3, -0.25) is 0 Å². The molecule has 16 heavy (non-hydrogen) atoms. The van der Waals surface area contributed by atoms with Crippen molar-refractivity contribution < 1.29 is 0 Å². The predicted molar refractivity (Wildman–Crippen MR) is 65.3 cm³/mol. The molecule has 0 unspecified atom stereocenters. The molecule has 0 aliphatic rings. The third kappa shape index (κ3) is 2.59. The van der Waals surface area contributed by atoms with E-state index in [1.165, 1.54) is 9.75 Å². The van der Waals surface area contributed by atoms with E-state index in [0.717, 1.165) is 12.4 Å². The first-order valence-corrected chi connectivity index (χ1v) is 5.75. The van der Waals surface area contributed by atoms with Crippen molar-refractivity contribution in [3.8, 4) is 6.07 Å². The number of anilines is 1. The van der Waals surface area contributed by atoms with Crippen LogP contribution in [-0.4, -0.2) is 4.98 Å². The van der Waals surface area contributed by atoms with Gasteiger partial charge in [0, 0.05) is 16.0 Å². The van der Waals surface area contributed by atoms with E-state index in [9.17, 15) is 0 Å². The van der Waals surface area contributed by atoms with Crippen LogP contribution in [-0.2, 0) is 6.54 Å². The number of thiophene rings is 1. The lowest BCUT2D eigenvalue weighted by atomic mass is 10.3. The highest BCUT2D eigenvalue weighted by Gasteiger charge is 1.98. The first kappa shape index (κ1) is 10.7. The molecule has 0 atom stereocenters. The summed E-state index contributed by atoms with van der Waals surface area (Å²) in [4.78, 5) is 6.73. The summed E-state index contributed by atoms with van der Waals surface area (Å²) >= 11 is 1.77. The van der Waals surface area contributed by atoms with Gasteiger partial charge in [0.05, 0.1) is 12.1 Å². The summed E-state index contributed by atoms with van der Waals surface area (Å²) in [7, 11) is 0. The van der Waals surface area contributed by atoms with Crippen molar-refractivity contribution in [2.45, 2.75) is 13.5 Å². The van der Waals surface area contributed by atoms with Gasteiger partial charge >= 0.3 is 0 Å². The van der Waals surface area contributed by atoms with E-state index in [-0.39, 0.29) is 0 Å². The summed E-state index contributed by atoms with van der Waals surface area (Å²) in [6, 6.07) is 9.83. The van der Waals surface area contributed by atoms with E-state index in [2.05, 4.69) is 29.4 Å². The molecule has 0 aliphatic heterocycles. The summed E-state index contributed by atoms with van der Waals surface area (Å²) < 4.78 is 0. The average molecular weight is 229 g/mol. The van der Waals surface area contributed by atoms with Gasteiger partial charge in [-0.15, -0.1) is 11.3 Å². The lowest BCUT2D eigenvalue weighted by molar-refractivity contribution is 1.14. The van der Waals surface area contributed by atoms with Crippen molar-refractivity contribution in [1.29, 1.82) is 5.26 Å². The van der Waals surface area contributed by atoms with E-state index in [0.29, 0.717) is 5.56 Å². The Balaban J connectivity index is 1.97. The number of aromatic nitrogens is 1. The Kier molecular flexibility index (Phi) is 3.18. The molecule has 2 rings (SSSR count). The van der Waals surface area contributed by atoms with Crippen LogP contribution in [0.15, 0.2) is 30.5 Å². The van der Waals surface area contributed by atoms with Gasteiger partial charge < -0.3 is 5.32 Å². The molecule has 0 aromatic carbocycles. The van der Waals surface area contributed by atoms with Gasteiger partial charge in [0.15, 0.2) is 0 Å². The largest absolute Gasteiger partial charge is 0.365 e. The molecule has 0 radical (unpaired) electrons. The topological polar surface area (TPSA) is 48.7 Å². The van der Waals surface area contributed by atoms with Crippen LogP contribution in [0.3, 0.4) is 0 Å². The number of pyridine rings is 1. The molecule has 0 saturated carbocycles. The summed E-state index contributed by atoms with van der Waals surface area (Å²) in [5.74, 6) is 0.796. The molecule has 2 heterocycles. The molecular formula is C12H11N3S. The molecule has 2 aromatic heterocycles. The zero-order chi connectivity index (χ0) is 11.4. The summed E-state index contributed by atoms with van der Waals surface area (Å²) in [5, 5.41) is 11.8. The van der Waals surface area contributed by atoms with Crippen LogP contribution in [0.4, 0.5) is 5.82 Å². The summed E-state index contributed by atoms with van der Waals surface area (Å²) in [6.07, 6.45) is 1.57. The molecule has 0 saturated heterocycles. The SMILES string of the molecule is Cc1ccc(CNc2ccc(C#N)cn2)s1. The van der Waals surface area contributed by atoms with E-state index >= 15 is 0 Å². The molecule has 80 valence electrons. The van der Waals surface area contributed by atoms with Gasteiger partial charge in [0.1, 0.15) is 11.9 Å². The van der Waals surface area contributed by atoms with Crippen molar-refractivity contribution in [3.05, 3.63) is 45.8 Å². The standard InChI is InChI=1S/C12H11N3S/c1-9-2-4-11(16-9)8-15-12-5-3-10(6-13)7-14-12/h2-5,7H,8H2,1H3,(H,14,15). The molecule has 4 heteroatoms. The Morgan fingerprint density at radius 1 is 1.38 bits per heavy atom. The second-order valence-corrected chi connectivity index (χ2v) is 4.78. The minimum atomic E-state index is 0.581. The lowest BCUT2D eigenvalue weighted by Gasteiger charge is -2.02. The van der Waals surface area contributed by atoms with Crippen LogP contribution in [0.25, 0.3) is 0 Å². The number of aryl methyl sites for hydroxylation is 1. The van der Waals surface area contributed by atoms with Crippen LogP contribution in [0, 0.1) is 18.3 Å². The highest BCUT2D eigenvalue weighted by molar-refractivity contribution is 7.11. The number of nitrogens with one attached hydrogen (secondary N) is 1. The second kappa shape index (κ2) is 4.77. The maximum Gasteiger partial charge on any atom is 0.126 e. The summed E-state index contributed by atoms with van der Waals surface area (Å²) in [6.45, 7) is 2.87. The molecule has 0 bridgehead atoms. The zero-order valence-electron chi connectivity index (χ0n) is 8.90. The fraction of sp³-hybridized carbons (Fsp3) is 0.167. The van der Waals surface area contributed by atoms with Crippen molar-refractivity contribution in [2.75, 3.05) is 5.32 Å². The first-order chi connectivity index (χ1) is 7.78. The van der Waals surface area contributed by atoms with E-state index in [1.54, 1.807) is 23.6 Å². The monoisotopic (exact) mass is 229 g/mol. The van der Waals surface area contributed by atoms with Crippen LogP contribution in [0.5, 0.6) is 0 Å². The van der Waals surface area contributed by atoms with Gasteiger partial charge in [-0.1, -0.05) is 0 Å². The van der Waals surface area contributed by atoms with Crippen molar-refractivity contribution in [3.63, 3.8) is 0 Å².